The van der Waals surface area contributed by atoms with Gasteiger partial charge < -0.3 is 14.8 Å². The highest BCUT2D eigenvalue weighted by atomic mass is 19.3. The van der Waals surface area contributed by atoms with Gasteiger partial charge in [0.1, 0.15) is 0 Å². The van der Waals surface area contributed by atoms with E-state index in [2.05, 4.69) is 14.9 Å². The van der Waals surface area contributed by atoms with Gasteiger partial charge in [-0.05, 0) is 25.0 Å². The summed E-state index contributed by atoms with van der Waals surface area (Å²) in [6, 6.07) is 7.88. The molecule has 2 aliphatic rings. The Labute approximate surface area is 145 Å². The van der Waals surface area contributed by atoms with Crippen LogP contribution in [0.25, 0.3) is 11.0 Å². The molecule has 1 aliphatic carbocycles. The summed E-state index contributed by atoms with van der Waals surface area (Å²) in [5.41, 5.74) is 1.93. The Morgan fingerprint density at radius 3 is 2.48 bits per heavy atom. The van der Waals surface area contributed by atoms with Crippen LogP contribution in [0.15, 0.2) is 24.3 Å². The third kappa shape index (κ3) is 3.32. The van der Waals surface area contributed by atoms with Gasteiger partial charge in [0, 0.05) is 44.9 Å². The molecule has 2 aromatic rings. The Morgan fingerprint density at radius 1 is 1.12 bits per heavy atom. The summed E-state index contributed by atoms with van der Waals surface area (Å²) in [4.78, 5) is 24.5. The van der Waals surface area contributed by atoms with E-state index in [4.69, 9.17) is 0 Å². The van der Waals surface area contributed by atoms with Crippen LogP contribution in [-0.4, -0.2) is 52.9 Å². The monoisotopic (exact) mass is 348 g/mol. The summed E-state index contributed by atoms with van der Waals surface area (Å²) in [7, 11) is 0. The molecular weight excluding hydrogens is 326 g/mol. The number of alkyl halides is 2. The molecule has 1 aromatic carbocycles. The van der Waals surface area contributed by atoms with Gasteiger partial charge in [0.15, 0.2) is 0 Å². The Hall–Kier alpha value is -2.18. The van der Waals surface area contributed by atoms with Gasteiger partial charge in [-0.25, -0.2) is 13.8 Å². The lowest BCUT2D eigenvalue weighted by molar-refractivity contribution is -0.140. The van der Waals surface area contributed by atoms with Gasteiger partial charge in [-0.2, -0.15) is 0 Å². The summed E-state index contributed by atoms with van der Waals surface area (Å²) >= 11 is 0. The topological polar surface area (TPSA) is 52.2 Å². The molecule has 4 rings (SSSR count). The number of para-hydroxylation sites is 2. The highest BCUT2D eigenvalue weighted by Crippen LogP contribution is 2.37. The van der Waals surface area contributed by atoms with Crippen molar-refractivity contribution in [3.63, 3.8) is 0 Å². The standard InChI is InChI=1S/C18H22F2N4O/c19-18(20)7-5-13(6-8-18)16(25)23-9-11-24(12-10-23)17-21-14-3-1-2-4-15(14)22-17/h1-4,13H,5-12H2,(H,21,22). The average Bonchev–Trinajstić information content (AvgIpc) is 3.05. The SMILES string of the molecule is O=C(C1CCC(F)(F)CC1)N1CCN(c2nc3ccccc3[nH]2)CC1. The molecule has 1 aliphatic heterocycles. The van der Waals surface area contributed by atoms with Crippen molar-refractivity contribution in [3.8, 4) is 0 Å². The minimum atomic E-state index is -2.59. The van der Waals surface area contributed by atoms with E-state index in [1.807, 2.05) is 29.2 Å². The molecule has 1 saturated heterocycles. The van der Waals surface area contributed by atoms with E-state index in [0.717, 1.165) is 17.0 Å². The number of H-pyrrole nitrogens is 1. The summed E-state index contributed by atoms with van der Waals surface area (Å²) in [5.74, 6) is -1.96. The molecule has 7 heteroatoms. The zero-order valence-corrected chi connectivity index (χ0v) is 14.0. The molecule has 0 spiro atoms. The predicted octanol–water partition coefficient (Wildman–Crippen LogP) is 3.04. The lowest BCUT2D eigenvalue weighted by Crippen LogP contribution is -2.51. The quantitative estimate of drug-likeness (QED) is 0.908. The normalized spacial score (nSPS) is 21.7. The Balaban J connectivity index is 1.35. The van der Waals surface area contributed by atoms with Crippen LogP contribution in [0.5, 0.6) is 0 Å². The molecule has 0 unspecified atom stereocenters. The summed E-state index contributed by atoms with van der Waals surface area (Å²) in [5, 5.41) is 0. The Bertz CT molecular complexity index is 724. The van der Waals surface area contributed by atoms with Crippen molar-refractivity contribution < 1.29 is 13.6 Å². The average molecular weight is 348 g/mol. The highest BCUT2D eigenvalue weighted by Gasteiger charge is 2.39. The second kappa shape index (κ2) is 6.28. The summed E-state index contributed by atoms with van der Waals surface area (Å²) in [6.07, 6.45) is 0.274. The van der Waals surface area contributed by atoms with Gasteiger partial charge in [-0.3, -0.25) is 4.79 Å². The van der Waals surface area contributed by atoms with Gasteiger partial charge in [0.05, 0.1) is 11.0 Å². The van der Waals surface area contributed by atoms with Crippen molar-refractivity contribution in [2.75, 3.05) is 31.1 Å². The maximum atomic E-state index is 13.3. The van der Waals surface area contributed by atoms with E-state index in [0.29, 0.717) is 39.0 Å². The number of imidazole rings is 1. The molecule has 1 N–H and O–H groups in total. The van der Waals surface area contributed by atoms with Gasteiger partial charge in [0.25, 0.3) is 0 Å². The van der Waals surface area contributed by atoms with Gasteiger partial charge >= 0.3 is 0 Å². The van der Waals surface area contributed by atoms with E-state index in [1.165, 1.54) is 0 Å². The lowest BCUT2D eigenvalue weighted by Gasteiger charge is -2.37. The van der Waals surface area contributed by atoms with Gasteiger partial charge in [-0.1, -0.05) is 12.1 Å². The number of nitrogens with zero attached hydrogens (tertiary/aromatic N) is 3. The summed E-state index contributed by atoms with van der Waals surface area (Å²) < 4.78 is 26.5. The largest absolute Gasteiger partial charge is 0.339 e. The number of nitrogens with one attached hydrogen (secondary N) is 1. The van der Waals surface area contributed by atoms with E-state index >= 15 is 0 Å². The first-order chi connectivity index (χ1) is 12.0. The first-order valence-corrected chi connectivity index (χ1v) is 8.88. The highest BCUT2D eigenvalue weighted by molar-refractivity contribution is 5.80. The molecule has 5 nitrogen and oxygen atoms in total. The van der Waals surface area contributed by atoms with Gasteiger partial charge in [-0.15, -0.1) is 0 Å². The molecule has 1 amide bonds. The number of anilines is 1. The van der Waals surface area contributed by atoms with E-state index in [9.17, 15) is 13.6 Å². The van der Waals surface area contributed by atoms with Crippen LogP contribution in [-0.2, 0) is 4.79 Å². The maximum absolute atomic E-state index is 13.3. The van der Waals surface area contributed by atoms with Crippen molar-refractivity contribution in [2.24, 2.45) is 5.92 Å². The first kappa shape index (κ1) is 16.3. The fraction of sp³-hybridized carbons (Fsp3) is 0.556. The molecule has 0 bridgehead atoms. The molecule has 1 saturated carbocycles. The van der Waals surface area contributed by atoms with Crippen molar-refractivity contribution in [3.05, 3.63) is 24.3 Å². The molecule has 25 heavy (non-hydrogen) atoms. The second-order valence-corrected chi connectivity index (χ2v) is 7.02. The number of piperazine rings is 1. The number of amides is 1. The number of rotatable bonds is 2. The molecule has 1 aromatic heterocycles. The van der Waals surface area contributed by atoms with Crippen molar-refractivity contribution in [1.82, 2.24) is 14.9 Å². The Morgan fingerprint density at radius 2 is 1.80 bits per heavy atom. The molecule has 0 radical (unpaired) electrons. The van der Waals surface area contributed by atoms with Crippen molar-refractivity contribution in [2.45, 2.75) is 31.6 Å². The number of carbonyl (C=O) groups is 1. The molecule has 2 fully saturated rings. The van der Waals surface area contributed by atoms with Crippen LogP contribution in [0.2, 0.25) is 0 Å². The third-order valence-corrected chi connectivity index (χ3v) is 5.33. The number of aromatic nitrogens is 2. The summed E-state index contributed by atoms with van der Waals surface area (Å²) in [6.45, 7) is 2.63. The van der Waals surface area contributed by atoms with E-state index in [-0.39, 0.29) is 24.7 Å². The van der Waals surface area contributed by atoms with Crippen LogP contribution >= 0.6 is 0 Å². The van der Waals surface area contributed by atoms with Crippen LogP contribution < -0.4 is 4.90 Å². The van der Waals surface area contributed by atoms with Crippen molar-refractivity contribution >= 4 is 22.9 Å². The van der Waals surface area contributed by atoms with E-state index < -0.39 is 5.92 Å². The fourth-order valence-corrected chi connectivity index (χ4v) is 3.77. The number of halogens is 2. The van der Waals surface area contributed by atoms with Crippen LogP contribution in [0.1, 0.15) is 25.7 Å². The van der Waals surface area contributed by atoms with Gasteiger partial charge in [0.2, 0.25) is 17.8 Å². The smallest absolute Gasteiger partial charge is 0.248 e. The van der Waals surface area contributed by atoms with Crippen LogP contribution in [0.4, 0.5) is 14.7 Å². The molecule has 134 valence electrons. The Kier molecular flexibility index (Phi) is 4.09. The first-order valence-electron chi connectivity index (χ1n) is 8.88. The minimum absolute atomic E-state index is 0.0414. The molecular formula is C18H22F2N4O. The van der Waals surface area contributed by atoms with Crippen LogP contribution in [0.3, 0.4) is 0 Å². The lowest BCUT2D eigenvalue weighted by atomic mass is 9.86. The second-order valence-electron chi connectivity index (χ2n) is 7.02. The number of aromatic amines is 1. The zero-order valence-electron chi connectivity index (χ0n) is 14.0. The zero-order chi connectivity index (χ0) is 17.4. The number of fused-ring (bicyclic) bond motifs is 1. The number of benzene rings is 1. The van der Waals surface area contributed by atoms with Crippen LogP contribution in [0, 0.1) is 5.92 Å². The minimum Gasteiger partial charge on any atom is -0.339 e. The molecule has 0 atom stereocenters. The predicted molar refractivity (Wildman–Crippen MR) is 91.8 cm³/mol. The fourth-order valence-electron chi connectivity index (χ4n) is 3.77. The molecule has 2 heterocycles. The number of carbonyl (C=O) groups excluding carboxylic acids is 1. The van der Waals surface area contributed by atoms with Crippen molar-refractivity contribution in [1.29, 1.82) is 0 Å². The number of hydrogen-bond donors (Lipinski definition) is 1. The number of hydrogen-bond acceptors (Lipinski definition) is 3. The van der Waals surface area contributed by atoms with E-state index in [1.54, 1.807) is 0 Å². The third-order valence-electron chi connectivity index (χ3n) is 5.33. The maximum Gasteiger partial charge on any atom is 0.248 e.